The van der Waals surface area contributed by atoms with E-state index in [0.717, 1.165) is 16.0 Å². The van der Waals surface area contributed by atoms with Crippen molar-refractivity contribution in [3.8, 4) is 0 Å². The fraction of sp³-hybridized carbons (Fsp3) is 0.227. The zero-order valence-corrected chi connectivity index (χ0v) is 17.8. The first-order valence-electron chi connectivity index (χ1n) is 9.28. The van der Waals surface area contributed by atoms with Crippen LogP contribution in [0.25, 0.3) is 5.70 Å². The molecule has 2 aliphatic rings. The monoisotopic (exact) mass is 424 g/mol. The molecule has 2 aromatic rings. The third-order valence-corrected chi connectivity index (χ3v) is 6.45. The van der Waals surface area contributed by atoms with Crippen molar-refractivity contribution in [3.63, 3.8) is 0 Å². The smallest absolute Gasteiger partial charge is 0.338 e. The highest BCUT2D eigenvalue weighted by Crippen LogP contribution is 2.44. The molecule has 0 saturated carbocycles. The Morgan fingerprint density at radius 1 is 1.21 bits per heavy atom. The van der Waals surface area contributed by atoms with Crippen LogP contribution in [0.3, 0.4) is 0 Å². The van der Waals surface area contributed by atoms with E-state index in [-0.39, 0.29) is 12.5 Å². The van der Waals surface area contributed by atoms with E-state index in [0.29, 0.717) is 22.2 Å². The van der Waals surface area contributed by atoms with Crippen molar-refractivity contribution in [2.45, 2.75) is 17.9 Å². The number of thioether (sulfide) groups is 2. The molecule has 5 nitrogen and oxygen atoms in total. The van der Waals surface area contributed by atoms with E-state index in [9.17, 15) is 9.59 Å². The van der Waals surface area contributed by atoms with Gasteiger partial charge in [-0.05, 0) is 30.9 Å². The van der Waals surface area contributed by atoms with E-state index in [1.54, 1.807) is 23.6 Å². The van der Waals surface area contributed by atoms with Crippen molar-refractivity contribution in [1.29, 1.82) is 0 Å². The molecule has 2 heterocycles. The molecule has 29 heavy (non-hydrogen) atoms. The molecule has 0 unspecified atom stereocenters. The molecule has 0 N–H and O–H groups in total. The second-order valence-electron chi connectivity index (χ2n) is 6.47. The number of hydrogen-bond acceptors (Lipinski definition) is 6. The van der Waals surface area contributed by atoms with Gasteiger partial charge in [0.1, 0.15) is 0 Å². The van der Waals surface area contributed by atoms with Crippen LogP contribution in [0.15, 0.2) is 70.1 Å². The molecule has 0 aromatic heterocycles. The summed E-state index contributed by atoms with van der Waals surface area (Å²) in [6.07, 6.45) is 2.01. The maximum absolute atomic E-state index is 13.1. The second kappa shape index (κ2) is 8.47. The van der Waals surface area contributed by atoms with E-state index in [1.165, 1.54) is 11.8 Å². The molecule has 2 aliphatic heterocycles. The number of esters is 1. The van der Waals surface area contributed by atoms with Gasteiger partial charge >= 0.3 is 5.97 Å². The minimum Gasteiger partial charge on any atom is -0.463 e. The predicted octanol–water partition coefficient (Wildman–Crippen LogP) is 4.37. The first kappa shape index (κ1) is 19.8. The van der Waals surface area contributed by atoms with Crippen molar-refractivity contribution in [2.75, 3.05) is 18.6 Å². The molecule has 7 heteroatoms. The van der Waals surface area contributed by atoms with Crippen LogP contribution < -0.4 is 0 Å². The lowest BCUT2D eigenvalue weighted by Gasteiger charge is -2.33. The van der Waals surface area contributed by atoms with Crippen molar-refractivity contribution in [1.82, 2.24) is 4.90 Å². The normalized spacial score (nSPS) is 18.6. The number of amides is 1. The number of nitrogens with zero attached hydrogens (tertiary/aromatic N) is 2. The molecule has 0 radical (unpaired) electrons. The molecule has 148 valence electrons. The average molecular weight is 425 g/mol. The lowest BCUT2D eigenvalue weighted by Crippen LogP contribution is -2.39. The van der Waals surface area contributed by atoms with Gasteiger partial charge in [0.05, 0.1) is 29.7 Å². The van der Waals surface area contributed by atoms with Crippen molar-refractivity contribution in [2.24, 2.45) is 4.99 Å². The van der Waals surface area contributed by atoms with Gasteiger partial charge in [0.25, 0.3) is 0 Å². The fourth-order valence-corrected chi connectivity index (χ4v) is 4.76. The van der Waals surface area contributed by atoms with Gasteiger partial charge in [-0.2, -0.15) is 0 Å². The average Bonchev–Trinajstić information content (AvgIpc) is 3.14. The van der Waals surface area contributed by atoms with E-state index in [1.807, 2.05) is 60.9 Å². The number of amidine groups is 1. The molecule has 1 saturated heterocycles. The summed E-state index contributed by atoms with van der Waals surface area (Å²) in [5.74, 6) is -0.185. The summed E-state index contributed by atoms with van der Waals surface area (Å²) in [6, 6.07) is 17.0. The van der Waals surface area contributed by atoms with E-state index in [4.69, 9.17) is 9.73 Å². The molecule has 2 aromatic carbocycles. The Morgan fingerprint density at radius 2 is 1.93 bits per heavy atom. The second-order valence-corrected chi connectivity index (χ2v) is 8.29. The number of carbonyl (C=O) groups is 2. The van der Waals surface area contributed by atoms with Gasteiger partial charge in [0, 0.05) is 10.5 Å². The van der Waals surface area contributed by atoms with E-state index >= 15 is 0 Å². The summed E-state index contributed by atoms with van der Waals surface area (Å²) < 4.78 is 5.40. The quantitative estimate of drug-likeness (QED) is 0.527. The van der Waals surface area contributed by atoms with Gasteiger partial charge in [-0.3, -0.25) is 9.69 Å². The number of carbonyl (C=O) groups excluding carboxylic acids is 2. The molecule has 1 fully saturated rings. The number of benzene rings is 2. The zero-order chi connectivity index (χ0) is 20.4. The Kier molecular flexibility index (Phi) is 5.78. The highest BCUT2D eigenvalue weighted by atomic mass is 32.2. The number of fused-ring (bicyclic) bond motifs is 1. The molecule has 0 aliphatic carbocycles. The summed E-state index contributed by atoms with van der Waals surface area (Å²) in [4.78, 5) is 33.3. The number of rotatable bonds is 5. The first-order valence-corrected chi connectivity index (χ1v) is 11.5. The molecule has 1 amide bonds. The summed E-state index contributed by atoms with van der Waals surface area (Å²) in [5.41, 5.74) is 2.65. The number of ether oxygens (including phenoxy) is 1. The lowest BCUT2D eigenvalue weighted by atomic mass is 9.92. The first-order chi connectivity index (χ1) is 14.1. The van der Waals surface area contributed by atoms with E-state index < -0.39 is 12.0 Å². The molecule has 0 spiro atoms. The third-order valence-electron chi connectivity index (χ3n) is 4.77. The van der Waals surface area contributed by atoms with Crippen LogP contribution in [0.5, 0.6) is 0 Å². The highest BCUT2D eigenvalue weighted by molar-refractivity contribution is 8.15. The predicted molar refractivity (Wildman–Crippen MR) is 118 cm³/mol. The van der Waals surface area contributed by atoms with Crippen LogP contribution >= 0.6 is 23.5 Å². The van der Waals surface area contributed by atoms with E-state index in [2.05, 4.69) is 0 Å². The molecular formula is C22H20N2O3S2. The Morgan fingerprint density at radius 3 is 2.59 bits per heavy atom. The van der Waals surface area contributed by atoms with Gasteiger partial charge in [-0.15, -0.1) is 11.8 Å². The maximum atomic E-state index is 13.1. The van der Waals surface area contributed by atoms with Crippen LogP contribution in [-0.2, 0) is 14.3 Å². The number of hydrogen-bond donors (Lipinski definition) is 0. The van der Waals surface area contributed by atoms with Crippen molar-refractivity contribution >= 4 is 46.3 Å². The molecule has 0 bridgehead atoms. The SMILES string of the molecule is CCOC(=O)C1=C(c2ccccc2)N=C2SCC(=O)N2[C@@H]1c1ccc(SC)cc1. The van der Waals surface area contributed by atoms with Crippen molar-refractivity contribution in [3.05, 3.63) is 71.3 Å². The Balaban J connectivity index is 1.94. The Hall–Kier alpha value is -2.51. The third kappa shape index (κ3) is 3.72. The van der Waals surface area contributed by atoms with Gasteiger partial charge < -0.3 is 4.74 Å². The Bertz CT molecular complexity index is 1000. The summed E-state index contributed by atoms with van der Waals surface area (Å²) in [6.45, 7) is 2.03. The standard InChI is InChI=1S/C22H20N2O3S2/c1-3-27-21(26)18-19(14-7-5-4-6-8-14)23-22-24(17(25)13-29-22)20(18)15-9-11-16(28-2)12-10-15/h4-12,20H,3,13H2,1-2H3/t20-/m1/s1. The fourth-order valence-electron chi connectivity index (χ4n) is 3.46. The molecule has 4 rings (SSSR count). The molecular weight excluding hydrogens is 404 g/mol. The summed E-state index contributed by atoms with van der Waals surface area (Å²) in [5, 5.41) is 0.626. The van der Waals surface area contributed by atoms with Crippen molar-refractivity contribution < 1.29 is 14.3 Å². The van der Waals surface area contributed by atoms with Gasteiger partial charge in [0.2, 0.25) is 5.91 Å². The number of aliphatic imine (C=N–C) groups is 1. The minimum absolute atomic E-state index is 0.0541. The topological polar surface area (TPSA) is 59.0 Å². The lowest BCUT2D eigenvalue weighted by molar-refractivity contribution is -0.139. The van der Waals surface area contributed by atoms with Gasteiger partial charge in [-0.25, -0.2) is 9.79 Å². The highest BCUT2D eigenvalue weighted by Gasteiger charge is 2.44. The van der Waals surface area contributed by atoms with Gasteiger partial charge in [-0.1, -0.05) is 54.2 Å². The van der Waals surface area contributed by atoms with Crippen LogP contribution in [-0.4, -0.2) is 40.6 Å². The Labute approximate surface area is 178 Å². The largest absolute Gasteiger partial charge is 0.463 e. The summed E-state index contributed by atoms with van der Waals surface area (Å²) >= 11 is 3.05. The van der Waals surface area contributed by atoms with Crippen LogP contribution in [0.4, 0.5) is 0 Å². The van der Waals surface area contributed by atoms with Crippen LogP contribution in [0, 0.1) is 0 Å². The zero-order valence-electron chi connectivity index (χ0n) is 16.1. The molecule has 1 atom stereocenters. The maximum Gasteiger partial charge on any atom is 0.338 e. The van der Waals surface area contributed by atoms with Crippen LogP contribution in [0.2, 0.25) is 0 Å². The van der Waals surface area contributed by atoms with Crippen LogP contribution in [0.1, 0.15) is 24.1 Å². The summed E-state index contributed by atoms with van der Waals surface area (Å²) in [7, 11) is 0. The minimum atomic E-state index is -0.560. The van der Waals surface area contributed by atoms with Gasteiger partial charge in [0.15, 0.2) is 5.17 Å².